The van der Waals surface area contributed by atoms with E-state index in [1.54, 1.807) is 22.0 Å². The summed E-state index contributed by atoms with van der Waals surface area (Å²) in [6.45, 7) is 4.16. The topological polar surface area (TPSA) is 126 Å². The number of carbonyl (C=O) groups excluding carboxylic acids is 3. The summed E-state index contributed by atoms with van der Waals surface area (Å²) in [5, 5.41) is 8.39. The Morgan fingerprint density at radius 1 is 1.04 bits per heavy atom. The molecule has 0 radical (unpaired) electrons. The maximum atomic E-state index is 14.3. The van der Waals surface area contributed by atoms with E-state index < -0.39 is 6.04 Å². The van der Waals surface area contributed by atoms with Gasteiger partial charge in [0.2, 0.25) is 11.8 Å². The van der Waals surface area contributed by atoms with Crippen LogP contribution in [0.15, 0.2) is 47.3 Å². The molecule has 1 aliphatic carbocycles. The minimum atomic E-state index is -0.662. The molecule has 1 spiro atoms. The van der Waals surface area contributed by atoms with Crippen molar-refractivity contribution in [1.82, 2.24) is 29.6 Å². The van der Waals surface area contributed by atoms with Crippen molar-refractivity contribution in [2.24, 2.45) is 5.41 Å². The summed E-state index contributed by atoms with van der Waals surface area (Å²) in [5.41, 5.74) is 3.39. The summed E-state index contributed by atoms with van der Waals surface area (Å²) >= 11 is 3.47. The highest BCUT2D eigenvalue weighted by atomic mass is 79.9. The van der Waals surface area contributed by atoms with E-state index in [0.717, 1.165) is 55.3 Å². The molecule has 5 heterocycles. The molecule has 1 saturated heterocycles. The van der Waals surface area contributed by atoms with Crippen molar-refractivity contribution in [2.75, 3.05) is 18.9 Å². The van der Waals surface area contributed by atoms with Crippen molar-refractivity contribution in [3.05, 3.63) is 64.4 Å². The number of fused-ring (bicyclic) bond motifs is 3. The number of anilines is 1. The van der Waals surface area contributed by atoms with Crippen LogP contribution in [-0.4, -0.2) is 83.7 Å². The van der Waals surface area contributed by atoms with Gasteiger partial charge in [0.15, 0.2) is 5.78 Å². The summed E-state index contributed by atoms with van der Waals surface area (Å²) < 4.78 is 4.49. The van der Waals surface area contributed by atoms with E-state index in [0.29, 0.717) is 39.3 Å². The summed E-state index contributed by atoms with van der Waals surface area (Å²) in [5.74, 6) is 0.591. The van der Waals surface area contributed by atoms with Gasteiger partial charge in [-0.1, -0.05) is 25.0 Å². The lowest BCUT2D eigenvalue weighted by atomic mass is 9.99. The molecule has 3 aliphatic rings. The van der Waals surface area contributed by atoms with Gasteiger partial charge in [0.05, 0.1) is 10.9 Å². The number of hydrogen-bond donors (Lipinski definition) is 1. The Kier molecular flexibility index (Phi) is 8.69. The number of aryl methyl sites for hydroxylation is 2. The number of amides is 2. The third-order valence-corrected chi connectivity index (χ3v) is 10.5. The maximum absolute atomic E-state index is 14.3. The van der Waals surface area contributed by atoms with Crippen molar-refractivity contribution in [1.29, 1.82) is 0 Å². The molecule has 1 N–H and O–H groups in total. The molecule has 2 bridgehead atoms. The monoisotopic (exact) mass is 711 g/mol. The van der Waals surface area contributed by atoms with Gasteiger partial charge in [-0.2, -0.15) is 5.10 Å². The van der Waals surface area contributed by atoms with Gasteiger partial charge < -0.3 is 10.2 Å². The van der Waals surface area contributed by atoms with Gasteiger partial charge in [0.25, 0.3) is 0 Å². The van der Waals surface area contributed by atoms with Crippen LogP contribution in [0.2, 0.25) is 0 Å². The minimum Gasteiger partial charge on any atom is -0.325 e. The third-order valence-electron chi connectivity index (χ3n) is 10.0. The predicted molar refractivity (Wildman–Crippen MR) is 186 cm³/mol. The highest BCUT2D eigenvalue weighted by molar-refractivity contribution is 9.10. The summed E-state index contributed by atoms with van der Waals surface area (Å²) in [6.07, 6.45) is 13.5. The fourth-order valence-electron chi connectivity index (χ4n) is 7.50. The van der Waals surface area contributed by atoms with Crippen LogP contribution in [0.4, 0.5) is 5.82 Å². The molecule has 3 aromatic heterocycles. The lowest BCUT2D eigenvalue weighted by Gasteiger charge is -2.27. The SMILES string of the molecule is CC(=O)c1nn(CC(=O)N2C3C[C@@]34C=[N+](C)CCCCCCCc3ccc(Br)nc3NC(=O)[C@@H]2C4)c2ccc(-c3cnc(C)nc3)cc12. The quantitative estimate of drug-likeness (QED) is 0.171. The number of nitrogens with one attached hydrogen (secondary N) is 1. The number of Topliss-reactive ketones (excluding diaryl/α,β-unsaturated/α-hetero) is 1. The fraction of sp³-hybridized carbons (Fsp3) is 0.444. The van der Waals surface area contributed by atoms with Gasteiger partial charge in [0, 0.05) is 42.7 Å². The molecular formula is C36H40BrN8O3+. The fourth-order valence-corrected chi connectivity index (χ4v) is 7.81. The standard InChI is InChI=1S/C36H39BrN8O3/c1-22(46)33-27-15-25(26-18-38-23(2)39-19-26)10-12-28(27)44(42-33)20-32(47)45-29-16-36(17-30(36)45)21-43(3)14-8-6-4-5-7-9-24-11-13-31(37)40-34(24)41-35(29)48/h10-13,15,18-19,21,29-30H,4-9,14,16-17,20H2,1-3H3/p+1/t29-,30?,36-/m0/s1. The van der Waals surface area contributed by atoms with E-state index in [-0.39, 0.29) is 35.6 Å². The highest BCUT2D eigenvalue weighted by Crippen LogP contribution is 2.58. The number of likely N-dealkylation sites (tertiary alicyclic amines) is 1. The molecule has 2 amide bonds. The summed E-state index contributed by atoms with van der Waals surface area (Å²) in [6, 6.07) is 8.87. The van der Waals surface area contributed by atoms with Crippen LogP contribution in [-0.2, 0) is 22.6 Å². The smallest absolute Gasteiger partial charge is 0.248 e. The number of ketones is 1. The number of piperidine rings is 1. The highest BCUT2D eigenvalue weighted by Gasteiger charge is 2.68. The average molecular weight is 713 g/mol. The number of benzene rings is 1. The van der Waals surface area contributed by atoms with Gasteiger partial charge in [-0.25, -0.2) is 19.5 Å². The first-order valence-electron chi connectivity index (χ1n) is 16.8. The second-order valence-corrected chi connectivity index (χ2v) is 14.4. The van der Waals surface area contributed by atoms with Crippen molar-refractivity contribution in [2.45, 2.75) is 83.8 Å². The average Bonchev–Trinajstić information content (AvgIpc) is 3.45. The van der Waals surface area contributed by atoms with E-state index >= 15 is 0 Å². The van der Waals surface area contributed by atoms with Crippen LogP contribution in [0.1, 0.15) is 73.7 Å². The van der Waals surface area contributed by atoms with E-state index in [1.807, 2.05) is 37.3 Å². The maximum Gasteiger partial charge on any atom is 0.248 e. The summed E-state index contributed by atoms with van der Waals surface area (Å²) in [4.78, 5) is 56.2. The molecule has 48 heavy (non-hydrogen) atoms. The first-order valence-corrected chi connectivity index (χ1v) is 17.6. The van der Waals surface area contributed by atoms with Gasteiger partial charge in [0.1, 0.15) is 54.3 Å². The Labute approximate surface area is 288 Å². The van der Waals surface area contributed by atoms with Crippen LogP contribution in [0.3, 0.4) is 0 Å². The zero-order valence-electron chi connectivity index (χ0n) is 27.6. The molecule has 2 fully saturated rings. The van der Waals surface area contributed by atoms with Crippen molar-refractivity contribution < 1.29 is 19.0 Å². The number of rotatable bonds is 4. The van der Waals surface area contributed by atoms with Gasteiger partial charge in [-0.05, 0) is 84.3 Å². The van der Waals surface area contributed by atoms with E-state index in [9.17, 15) is 14.4 Å². The predicted octanol–water partition coefficient (Wildman–Crippen LogP) is 5.38. The second-order valence-electron chi connectivity index (χ2n) is 13.5. The number of hydrogen-bond acceptors (Lipinski definition) is 7. The van der Waals surface area contributed by atoms with Gasteiger partial charge >= 0.3 is 0 Å². The van der Waals surface area contributed by atoms with Crippen molar-refractivity contribution >= 4 is 56.5 Å². The molecule has 1 unspecified atom stereocenters. The Morgan fingerprint density at radius 3 is 2.60 bits per heavy atom. The number of halogens is 1. The normalized spacial score (nSPS) is 22.9. The van der Waals surface area contributed by atoms with Crippen LogP contribution in [0.5, 0.6) is 0 Å². The first-order chi connectivity index (χ1) is 23.1. The number of carbonyl (C=O) groups is 3. The van der Waals surface area contributed by atoms with Crippen molar-refractivity contribution in [3.63, 3.8) is 0 Å². The summed E-state index contributed by atoms with van der Waals surface area (Å²) in [7, 11) is 2.10. The third kappa shape index (κ3) is 6.29. The Balaban J connectivity index is 1.21. The van der Waals surface area contributed by atoms with Gasteiger partial charge in [-0.3, -0.25) is 19.1 Å². The molecule has 2 aliphatic heterocycles. The Morgan fingerprint density at radius 2 is 1.81 bits per heavy atom. The number of pyridine rings is 1. The molecular weight excluding hydrogens is 672 g/mol. The van der Waals surface area contributed by atoms with Crippen LogP contribution in [0.25, 0.3) is 22.0 Å². The van der Waals surface area contributed by atoms with Crippen LogP contribution in [0, 0.1) is 12.3 Å². The zero-order valence-corrected chi connectivity index (χ0v) is 29.2. The lowest BCUT2D eigenvalue weighted by molar-refractivity contribution is -0.495. The van der Waals surface area contributed by atoms with Crippen molar-refractivity contribution in [3.8, 4) is 11.1 Å². The Hall–Kier alpha value is -4.32. The zero-order chi connectivity index (χ0) is 33.6. The van der Waals surface area contributed by atoms with Crippen LogP contribution < -0.4 is 5.32 Å². The lowest BCUT2D eigenvalue weighted by Crippen LogP contribution is -2.47. The minimum absolute atomic E-state index is 0.0870. The molecule has 12 heteroatoms. The van der Waals surface area contributed by atoms with Gasteiger partial charge in [-0.15, -0.1) is 0 Å². The molecule has 4 aromatic rings. The molecule has 248 valence electrons. The molecule has 3 atom stereocenters. The number of nitrogens with zero attached hydrogens (tertiary/aromatic N) is 7. The van der Waals surface area contributed by atoms with Crippen LogP contribution >= 0.6 is 15.9 Å². The van der Waals surface area contributed by atoms with E-state index in [2.05, 4.69) is 59.1 Å². The second kappa shape index (κ2) is 12.9. The molecule has 11 nitrogen and oxygen atoms in total. The number of aromatic nitrogens is 5. The Bertz CT molecular complexity index is 1950. The van der Waals surface area contributed by atoms with E-state index in [1.165, 1.54) is 19.8 Å². The largest absolute Gasteiger partial charge is 0.325 e. The first kappa shape index (κ1) is 32.2. The molecule has 1 aromatic carbocycles. The molecule has 1 saturated carbocycles. The molecule has 7 rings (SSSR count). The van der Waals surface area contributed by atoms with E-state index in [4.69, 9.17) is 0 Å².